The minimum atomic E-state index is 0.778. The molecule has 0 heterocycles. The highest BCUT2D eigenvalue weighted by atomic mass is 79.9. The molecule has 2 rings (SSSR count). The Morgan fingerprint density at radius 1 is 1.26 bits per heavy atom. The van der Waals surface area contributed by atoms with Crippen LogP contribution >= 0.6 is 15.9 Å². The number of nitrogens with zero attached hydrogens (tertiary/aromatic N) is 1. The molecule has 2 nitrogen and oxygen atoms in total. The van der Waals surface area contributed by atoms with E-state index in [1.807, 2.05) is 0 Å². The zero-order valence-corrected chi connectivity index (χ0v) is 13.7. The molecule has 0 amide bonds. The van der Waals surface area contributed by atoms with Gasteiger partial charge in [0.1, 0.15) is 0 Å². The maximum Gasteiger partial charge on any atom is 0.0513 e. The Kier molecular flexibility index (Phi) is 5.71. The van der Waals surface area contributed by atoms with E-state index >= 15 is 0 Å². The summed E-state index contributed by atoms with van der Waals surface area (Å²) < 4.78 is 1.24. The first kappa shape index (κ1) is 14.9. The predicted octanol–water partition coefficient (Wildman–Crippen LogP) is 4.33. The highest BCUT2D eigenvalue weighted by molar-refractivity contribution is 9.10. The van der Waals surface area contributed by atoms with Gasteiger partial charge in [-0.2, -0.15) is 0 Å². The van der Waals surface area contributed by atoms with E-state index in [1.165, 1.54) is 41.4 Å². The van der Waals surface area contributed by atoms with Crippen LogP contribution in [-0.2, 0) is 6.54 Å². The maximum atomic E-state index is 3.75. The maximum absolute atomic E-state index is 3.75. The van der Waals surface area contributed by atoms with Gasteiger partial charge in [0.2, 0.25) is 0 Å². The fourth-order valence-corrected chi connectivity index (χ4v) is 3.08. The zero-order valence-electron chi connectivity index (χ0n) is 12.1. The Hall–Kier alpha value is -0.540. The Morgan fingerprint density at radius 2 is 2.05 bits per heavy atom. The third-order valence-corrected chi connectivity index (χ3v) is 4.16. The molecule has 1 saturated carbocycles. The Balaban J connectivity index is 2.04. The van der Waals surface area contributed by atoms with Crippen molar-refractivity contribution in [3.63, 3.8) is 0 Å². The molecule has 1 aliphatic carbocycles. The fourth-order valence-electron chi connectivity index (χ4n) is 2.43. The number of hydrogen-bond donors (Lipinski definition) is 1. The topological polar surface area (TPSA) is 15.3 Å². The second-order valence-corrected chi connectivity index (χ2v) is 6.24. The molecular formula is C16H25BrN2. The molecular weight excluding hydrogens is 300 g/mol. The number of rotatable bonds is 8. The van der Waals surface area contributed by atoms with E-state index in [-0.39, 0.29) is 0 Å². The summed E-state index contributed by atoms with van der Waals surface area (Å²) in [5, 5.41) is 3.45. The van der Waals surface area contributed by atoms with Gasteiger partial charge >= 0.3 is 0 Å². The van der Waals surface area contributed by atoms with E-state index in [0.29, 0.717) is 0 Å². The van der Waals surface area contributed by atoms with Crippen LogP contribution in [0.4, 0.5) is 5.69 Å². The van der Waals surface area contributed by atoms with Gasteiger partial charge in [0.05, 0.1) is 5.69 Å². The van der Waals surface area contributed by atoms with Crippen molar-refractivity contribution in [1.29, 1.82) is 0 Å². The van der Waals surface area contributed by atoms with Crippen LogP contribution < -0.4 is 10.2 Å². The molecule has 1 aromatic rings. The van der Waals surface area contributed by atoms with Gasteiger partial charge in [0.25, 0.3) is 0 Å². The molecule has 0 spiro atoms. The summed E-state index contributed by atoms with van der Waals surface area (Å²) in [5.74, 6) is 0. The summed E-state index contributed by atoms with van der Waals surface area (Å²) in [6, 6.07) is 7.58. The summed E-state index contributed by atoms with van der Waals surface area (Å²) in [5.41, 5.74) is 2.72. The van der Waals surface area contributed by atoms with Crippen molar-refractivity contribution in [3.05, 3.63) is 28.2 Å². The van der Waals surface area contributed by atoms with Gasteiger partial charge < -0.3 is 10.2 Å². The van der Waals surface area contributed by atoms with E-state index in [4.69, 9.17) is 0 Å². The van der Waals surface area contributed by atoms with Crippen LogP contribution in [0.1, 0.15) is 45.1 Å². The van der Waals surface area contributed by atoms with Crippen LogP contribution in [0.15, 0.2) is 22.7 Å². The van der Waals surface area contributed by atoms with Crippen LogP contribution in [0, 0.1) is 0 Å². The van der Waals surface area contributed by atoms with Crippen LogP contribution in [0.5, 0.6) is 0 Å². The number of nitrogens with one attached hydrogen (secondary N) is 1. The van der Waals surface area contributed by atoms with Gasteiger partial charge in [-0.3, -0.25) is 0 Å². The Bertz CT molecular complexity index is 402. The number of anilines is 1. The molecule has 19 heavy (non-hydrogen) atoms. The molecule has 106 valence electrons. The molecule has 0 aliphatic heterocycles. The first-order chi connectivity index (χ1) is 9.26. The standard InChI is InChI=1S/C16H25BrN2/c1-3-9-18-12-13-5-8-16(15(17)11-13)19(10-4-2)14-6-7-14/h5,8,11,14,18H,3-4,6-7,9-10,12H2,1-2H3. The number of halogens is 1. The lowest BCUT2D eigenvalue weighted by Crippen LogP contribution is -2.26. The van der Waals surface area contributed by atoms with Crippen LogP contribution in [0.2, 0.25) is 0 Å². The quantitative estimate of drug-likeness (QED) is 0.716. The van der Waals surface area contributed by atoms with Crippen LogP contribution in [-0.4, -0.2) is 19.1 Å². The normalized spacial score (nSPS) is 14.7. The molecule has 3 heteroatoms. The SMILES string of the molecule is CCCNCc1ccc(N(CCC)C2CC2)c(Br)c1. The van der Waals surface area contributed by atoms with Crippen LogP contribution in [0.25, 0.3) is 0 Å². The molecule has 1 aliphatic rings. The van der Waals surface area contributed by atoms with Crippen molar-refractivity contribution < 1.29 is 0 Å². The third kappa shape index (κ3) is 4.22. The monoisotopic (exact) mass is 324 g/mol. The summed E-state index contributed by atoms with van der Waals surface area (Å²) >= 11 is 3.75. The average Bonchev–Trinajstić information content (AvgIpc) is 3.21. The fraction of sp³-hybridized carbons (Fsp3) is 0.625. The zero-order chi connectivity index (χ0) is 13.7. The van der Waals surface area contributed by atoms with Crippen molar-refractivity contribution in [3.8, 4) is 0 Å². The molecule has 0 radical (unpaired) electrons. The van der Waals surface area contributed by atoms with Gasteiger partial charge in [-0.25, -0.2) is 0 Å². The average molecular weight is 325 g/mol. The molecule has 0 saturated heterocycles. The van der Waals surface area contributed by atoms with E-state index in [0.717, 1.165) is 25.7 Å². The first-order valence-corrected chi connectivity index (χ1v) is 8.31. The molecule has 0 aromatic heterocycles. The molecule has 1 aromatic carbocycles. The summed E-state index contributed by atoms with van der Waals surface area (Å²) in [6.07, 6.45) is 5.10. The van der Waals surface area contributed by atoms with Crippen molar-refractivity contribution >= 4 is 21.6 Å². The van der Waals surface area contributed by atoms with Crippen molar-refractivity contribution in [1.82, 2.24) is 5.32 Å². The second-order valence-electron chi connectivity index (χ2n) is 5.39. The molecule has 0 unspecified atom stereocenters. The lowest BCUT2D eigenvalue weighted by molar-refractivity contribution is 0.675. The van der Waals surface area contributed by atoms with Crippen LogP contribution in [0.3, 0.4) is 0 Å². The first-order valence-electron chi connectivity index (χ1n) is 7.52. The molecule has 0 bridgehead atoms. The lowest BCUT2D eigenvalue weighted by atomic mass is 10.2. The molecule has 1 N–H and O–H groups in total. The van der Waals surface area contributed by atoms with Crippen molar-refractivity contribution in [2.75, 3.05) is 18.0 Å². The van der Waals surface area contributed by atoms with Gasteiger partial charge in [-0.15, -0.1) is 0 Å². The minimum Gasteiger partial charge on any atom is -0.368 e. The number of hydrogen-bond acceptors (Lipinski definition) is 2. The van der Waals surface area contributed by atoms with E-state index < -0.39 is 0 Å². The summed E-state index contributed by atoms with van der Waals surface area (Å²) in [7, 11) is 0. The summed E-state index contributed by atoms with van der Waals surface area (Å²) in [6.45, 7) is 7.67. The number of benzene rings is 1. The summed E-state index contributed by atoms with van der Waals surface area (Å²) in [4.78, 5) is 2.56. The van der Waals surface area contributed by atoms with Gasteiger partial charge in [0.15, 0.2) is 0 Å². The van der Waals surface area contributed by atoms with Gasteiger partial charge in [0, 0.05) is 23.6 Å². The van der Waals surface area contributed by atoms with E-state index in [9.17, 15) is 0 Å². The highest BCUT2D eigenvalue weighted by Crippen LogP contribution is 2.36. The highest BCUT2D eigenvalue weighted by Gasteiger charge is 2.29. The van der Waals surface area contributed by atoms with Gasteiger partial charge in [-0.05, 0) is 65.9 Å². The lowest BCUT2D eigenvalue weighted by Gasteiger charge is -2.25. The van der Waals surface area contributed by atoms with Crippen molar-refractivity contribution in [2.45, 2.75) is 52.1 Å². The molecule has 1 fully saturated rings. The van der Waals surface area contributed by atoms with E-state index in [2.05, 4.69) is 58.2 Å². The Morgan fingerprint density at radius 3 is 2.63 bits per heavy atom. The Labute approximate surface area is 125 Å². The van der Waals surface area contributed by atoms with Gasteiger partial charge in [-0.1, -0.05) is 19.9 Å². The molecule has 0 atom stereocenters. The smallest absolute Gasteiger partial charge is 0.0513 e. The van der Waals surface area contributed by atoms with Crippen molar-refractivity contribution in [2.24, 2.45) is 0 Å². The predicted molar refractivity (Wildman–Crippen MR) is 86.8 cm³/mol. The minimum absolute atomic E-state index is 0.778. The largest absolute Gasteiger partial charge is 0.368 e. The second kappa shape index (κ2) is 7.30. The third-order valence-electron chi connectivity index (χ3n) is 3.53. The van der Waals surface area contributed by atoms with E-state index in [1.54, 1.807) is 0 Å².